The standard InChI is InChI=1S/C17H27N3O4S.ClH/c1-12(2)19-25(22,23)16-11-13(5-6-15(16)24-4)17(21)20-9-7-14(18-3)8-10-20;/h5-6,11-12,14,18-19H,7-10H2,1-4H3;1H. The molecule has 148 valence electrons. The molecule has 1 heterocycles. The first-order valence-electron chi connectivity index (χ1n) is 8.45. The minimum Gasteiger partial charge on any atom is -0.495 e. The number of halogens is 1. The molecular weight excluding hydrogens is 378 g/mol. The lowest BCUT2D eigenvalue weighted by molar-refractivity contribution is 0.0707. The molecule has 2 N–H and O–H groups in total. The van der Waals surface area contributed by atoms with E-state index in [1.807, 2.05) is 7.05 Å². The van der Waals surface area contributed by atoms with Crippen molar-refractivity contribution in [1.29, 1.82) is 0 Å². The Hall–Kier alpha value is -1.35. The third-order valence-corrected chi connectivity index (χ3v) is 5.96. The van der Waals surface area contributed by atoms with E-state index in [1.54, 1.807) is 24.8 Å². The van der Waals surface area contributed by atoms with Crippen LogP contribution in [0.25, 0.3) is 0 Å². The predicted molar refractivity (Wildman–Crippen MR) is 104 cm³/mol. The Morgan fingerprint density at radius 1 is 1.27 bits per heavy atom. The minimum atomic E-state index is -3.76. The summed E-state index contributed by atoms with van der Waals surface area (Å²) in [6.45, 7) is 4.79. The number of sulfonamides is 1. The van der Waals surface area contributed by atoms with Gasteiger partial charge in [0.25, 0.3) is 5.91 Å². The Labute approximate surface area is 161 Å². The smallest absolute Gasteiger partial charge is 0.253 e. The van der Waals surface area contributed by atoms with Gasteiger partial charge in [-0.05, 0) is 51.9 Å². The highest BCUT2D eigenvalue weighted by Gasteiger charge is 2.26. The Balaban J connectivity index is 0.00000338. The van der Waals surface area contributed by atoms with Crippen LogP contribution in [0.3, 0.4) is 0 Å². The van der Waals surface area contributed by atoms with Gasteiger partial charge < -0.3 is 15.0 Å². The molecule has 0 radical (unpaired) electrons. The molecule has 1 saturated heterocycles. The summed E-state index contributed by atoms with van der Waals surface area (Å²) in [6.07, 6.45) is 1.77. The first kappa shape index (κ1) is 22.7. The second kappa shape index (κ2) is 9.55. The summed E-state index contributed by atoms with van der Waals surface area (Å²) in [5.41, 5.74) is 0.354. The minimum absolute atomic E-state index is 0. The molecule has 0 saturated carbocycles. The van der Waals surface area contributed by atoms with E-state index in [9.17, 15) is 13.2 Å². The molecule has 1 fully saturated rings. The van der Waals surface area contributed by atoms with Crippen LogP contribution in [0.1, 0.15) is 37.0 Å². The van der Waals surface area contributed by atoms with Crippen molar-refractivity contribution in [3.63, 3.8) is 0 Å². The third kappa shape index (κ3) is 5.33. The summed E-state index contributed by atoms with van der Waals surface area (Å²) >= 11 is 0. The summed E-state index contributed by atoms with van der Waals surface area (Å²) < 4.78 is 32.8. The largest absolute Gasteiger partial charge is 0.495 e. The molecule has 1 amide bonds. The molecule has 1 aromatic carbocycles. The maximum atomic E-state index is 12.7. The van der Waals surface area contributed by atoms with Gasteiger partial charge in [0.2, 0.25) is 10.0 Å². The molecule has 1 aliphatic heterocycles. The fraction of sp³-hybridized carbons (Fsp3) is 0.588. The molecule has 1 aliphatic rings. The number of hydrogen-bond donors (Lipinski definition) is 2. The number of methoxy groups -OCH3 is 1. The first-order valence-corrected chi connectivity index (χ1v) is 9.93. The van der Waals surface area contributed by atoms with Crippen molar-refractivity contribution in [2.24, 2.45) is 0 Å². The van der Waals surface area contributed by atoms with Crippen LogP contribution in [0.5, 0.6) is 5.75 Å². The lowest BCUT2D eigenvalue weighted by Gasteiger charge is -2.32. The van der Waals surface area contributed by atoms with Gasteiger partial charge in [-0.3, -0.25) is 4.79 Å². The van der Waals surface area contributed by atoms with Crippen LogP contribution in [0.2, 0.25) is 0 Å². The molecule has 0 aromatic heterocycles. The molecule has 0 atom stereocenters. The van der Waals surface area contributed by atoms with Gasteiger partial charge in [-0.15, -0.1) is 12.4 Å². The van der Waals surface area contributed by atoms with Gasteiger partial charge in [-0.25, -0.2) is 13.1 Å². The molecule has 0 bridgehead atoms. The van der Waals surface area contributed by atoms with Crippen molar-refractivity contribution in [1.82, 2.24) is 14.9 Å². The monoisotopic (exact) mass is 405 g/mol. The van der Waals surface area contributed by atoms with Crippen LogP contribution in [-0.4, -0.2) is 58.6 Å². The number of carbonyl (C=O) groups is 1. The summed E-state index contributed by atoms with van der Waals surface area (Å²) in [7, 11) is -0.426. The zero-order chi connectivity index (χ0) is 18.6. The Kier molecular flexibility index (Phi) is 8.33. The van der Waals surface area contributed by atoms with E-state index < -0.39 is 10.0 Å². The molecule has 1 aromatic rings. The summed E-state index contributed by atoms with van der Waals surface area (Å²) in [5, 5.41) is 3.22. The molecule has 0 aliphatic carbocycles. The van der Waals surface area contributed by atoms with Gasteiger partial charge >= 0.3 is 0 Å². The number of nitrogens with one attached hydrogen (secondary N) is 2. The van der Waals surface area contributed by atoms with Crippen molar-refractivity contribution in [2.45, 2.75) is 43.7 Å². The summed E-state index contributed by atoms with van der Waals surface area (Å²) in [5.74, 6) is 0.0665. The highest BCUT2D eigenvalue weighted by Crippen LogP contribution is 2.26. The van der Waals surface area contributed by atoms with E-state index in [1.165, 1.54) is 19.2 Å². The quantitative estimate of drug-likeness (QED) is 0.751. The van der Waals surface area contributed by atoms with Gasteiger partial charge in [0.1, 0.15) is 10.6 Å². The van der Waals surface area contributed by atoms with E-state index >= 15 is 0 Å². The average Bonchev–Trinajstić information content (AvgIpc) is 2.59. The molecule has 0 spiro atoms. The number of nitrogens with zero attached hydrogens (tertiary/aromatic N) is 1. The van der Waals surface area contributed by atoms with E-state index in [2.05, 4.69) is 10.0 Å². The van der Waals surface area contributed by atoms with Crippen molar-refractivity contribution in [3.05, 3.63) is 23.8 Å². The number of ether oxygens (including phenoxy) is 1. The van der Waals surface area contributed by atoms with E-state index in [0.717, 1.165) is 12.8 Å². The van der Waals surface area contributed by atoms with Crippen molar-refractivity contribution >= 4 is 28.3 Å². The fourth-order valence-corrected chi connectivity index (χ4v) is 4.39. The van der Waals surface area contributed by atoms with Gasteiger partial charge in [0, 0.05) is 30.7 Å². The summed E-state index contributed by atoms with van der Waals surface area (Å²) in [6, 6.07) is 4.71. The molecule has 26 heavy (non-hydrogen) atoms. The highest BCUT2D eigenvalue weighted by atomic mass is 35.5. The summed E-state index contributed by atoms with van der Waals surface area (Å²) in [4.78, 5) is 14.5. The van der Waals surface area contributed by atoms with Crippen LogP contribution in [0.4, 0.5) is 0 Å². The number of rotatable bonds is 6. The SMILES string of the molecule is CNC1CCN(C(=O)c2ccc(OC)c(S(=O)(=O)NC(C)C)c2)CC1.Cl. The van der Waals surface area contributed by atoms with Gasteiger partial charge in [-0.2, -0.15) is 0 Å². The lowest BCUT2D eigenvalue weighted by Crippen LogP contribution is -2.44. The molecular formula is C17H28ClN3O4S. The van der Waals surface area contributed by atoms with Gasteiger partial charge in [-0.1, -0.05) is 0 Å². The predicted octanol–water partition coefficient (Wildman–Crippen LogP) is 1.63. The number of amides is 1. The molecule has 9 heteroatoms. The van der Waals surface area contributed by atoms with Gasteiger partial charge in [0.05, 0.1) is 7.11 Å². The highest BCUT2D eigenvalue weighted by molar-refractivity contribution is 7.89. The lowest BCUT2D eigenvalue weighted by atomic mass is 10.0. The van der Waals surface area contributed by atoms with Crippen molar-refractivity contribution < 1.29 is 17.9 Å². The Morgan fingerprint density at radius 2 is 1.88 bits per heavy atom. The van der Waals surface area contributed by atoms with Crippen LogP contribution in [-0.2, 0) is 10.0 Å². The number of likely N-dealkylation sites (tertiary alicyclic amines) is 1. The first-order chi connectivity index (χ1) is 11.8. The van der Waals surface area contributed by atoms with Crippen LogP contribution < -0.4 is 14.8 Å². The fourth-order valence-electron chi connectivity index (χ4n) is 2.95. The van der Waals surface area contributed by atoms with Crippen molar-refractivity contribution in [3.8, 4) is 5.75 Å². The zero-order valence-corrected chi connectivity index (χ0v) is 17.2. The maximum Gasteiger partial charge on any atom is 0.253 e. The number of hydrogen-bond acceptors (Lipinski definition) is 5. The number of benzene rings is 1. The van der Waals surface area contributed by atoms with E-state index in [4.69, 9.17) is 4.74 Å². The number of carbonyl (C=O) groups excluding carboxylic acids is 1. The van der Waals surface area contributed by atoms with Crippen LogP contribution in [0, 0.1) is 0 Å². The topological polar surface area (TPSA) is 87.7 Å². The second-order valence-corrected chi connectivity index (χ2v) is 8.18. The second-order valence-electron chi connectivity index (χ2n) is 6.50. The molecule has 2 rings (SSSR count). The zero-order valence-electron chi connectivity index (χ0n) is 15.6. The third-order valence-electron chi connectivity index (χ3n) is 4.28. The normalized spacial score (nSPS) is 15.7. The Bertz CT molecular complexity index is 717. The van der Waals surface area contributed by atoms with Crippen LogP contribution in [0.15, 0.2) is 23.1 Å². The maximum absolute atomic E-state index is 12.7. The average molecular weight is 406 g/mol. The van der Waals surface area contributed by atoms with E-state index in [0.29, 0.717) is 24.7 Å². The number of piperidine rings is 1. The Morgan fingerprint density at radius 3 is 2.38 bits per heavy atom. The van der Waals surface area contributed by atoms with E-state index in [-0.39, 0.29) is 35.0 Å². The molecule has 0 unspecified atom stereocenters. The van der Waals surface area contributed by atoms with Gasteiger partial charge in [0.15, 0.2) is 0 Å². The van der Waals surface area contributed by atoms with Crippen molar-refractivity contribution in [2.75, 3.05) is 27.2 Å². The van der Waals surface area contributed by atoms with Crippen LogP contribution >= 0.6 is 12.4 Å². The molecule has 7 nitrogen and oxygen atoms in total.